The molecule has 130 valence electrons. The number of nitrogens with zero attached hydrogens (tertiary/aromatic N) is 1. The average Bonchev–Trinajstić information content (AvgIpc) is 2.47. The molecule has 0 saturated carbocycles. The van der Waals surface area contributed by atoms with Crippen molar-refractivity contribution in [1.82, 2.24) is 5.32 Å². The van der Waals surface area contributed by atoms with Gasteiger partial charge in [0.1, 0.15) is 5.60 Å². The van der Waals surface area contributed by atoms with Gasteiger partial charge in [0.2, 0.25) is 0 Å². The first-order valence-corrected chi connectivity index (χ1v) is 7.38. The third-order valence-corrected chi connectivity index (χ3v) is 3.08. The number of nitrogens with one attached hydrogen (secondary N) is 1. The molecule has 0 spiro atoms. The Kier molecular flexibility index (Phi) is 6.87. The quantitative estimate of drug-likeness (QED) is 0.845. The minimum Gasteiger partial charge on any atom is -0.462 e. The van der Waals surface area contributed by atoms with Gasteiger partial charge in [0.05, 0.1) is 5.56 Å². The Labute approximate surface area is 134 Å². The summed E-state index contributed by atoms with van der Waals surface area (Å²) in [4.78, 5) is 11.7. The van der Waals surface area contributed by atoms with Crippen molar-refractivity contribution in [2.45, 2.75) is 32.5 Å². The van der Waals surface area contributed by atoms with E-state index in [1.54, 1.807) is 0 Å². The summed E-state index contributed by atoms with van der Waals surface area (Å²) in [5, 5.41) is 3.20. The summed E-state index contributed by atoms with van der Waals surface area (Å²) >= 11 is 0. The van der Waals surface area contributed by atoms with Gasteiger partial charge in [-0.05, 0) is 45.0 Å². The number of piperazine rings is 1. The molecule has 0 aliphatic carbocycles. The van der Waals surface area contributed by atoms with E-state index in [1.165, 1.54) is 12.1 Å². The fourth-order valence-corrected chi connectivity index (χ4v) is 1.93. The van der Waals surface area contributed by atoms with Gasteiger partial charge in [0.25, 0.3) is 6.47 Å². The number of benzene rings is 1. The number of carbonyl (C=O) groups excluding carboxylic acids is 1. The minimum absolute atomic E-state index is 0.318. The Bertz CT molecular complexity index is 476. The van der Waals surface area contributed by atoms with Gasteiger partial charge < -0.3 is 15.0 Å². The Balaban J connectivity index is 0.000000322. The number of hydrogen-bond acceptors (Lipinski definition) is 4. The maximum Gasteiger partial charge on any atom is 0.416 e. The lowest BCUT2D eigenvalue weighted by atomic mass is 10.2. The highest BCUT2D eigenvalue weighted by Crippen LogP contribution is 2.30. The van der Waals surface area contributed by atoms with Crippen LogP contribution in [0.3, 0.4) is 0 Å². The van der Waals surface area contributed by atoms with Crippen molar-refractivity contribution >= 4 is 12.2 Å². The molecule has 1 heterocycles. The van der Waals surface area contributed by atoms with Gasteiger partial charge >= 0.3 is 6.18 Å². The summed E-state index contributed by atoms with van der Waals surface area (Å²) in [6.45, 7) is 9.35. The maximum absolute atomic E-state index is 12.3. The van der Waals surface area contributed by atoms with Crippen LogP contribution in [0.5, 0.6) is 0 Å². The molecule has 1 saturated heterocycles. The molecule has 1 N–H and O–H groups in total. The monoisotopic (exact) mass is 332 g/mol. The van der Waals surface area contributed by atoms with Crippen molar-refractivity contribution in [3.05, 3.63) is 29.8 Å². The smallest absolute Gasteiger partial charge is 0.416 e. The molecular formula is C16H23F3N2O2. The molecule has 1 aliphatic heterocycles. The first-order chi connectivity index (χ1) is 10.6. The molecule has 1 fully saturated rings. The van der Waals surface area contributed by atoms with Gasteiger partial charge in [0.15, 0.2) is 0 Å². The molecule has 0 atom stereocenters. The summed E-state index contributed by atoms with van der Waals surface area (Å²) in [6.07, 6.45) is -4.25. The van der Waals surface area contributed by atoms with Crippen LogP contribution in [0.2, 0.25) is 0 Å². The van der Waals surface area contributed by atoms with E-state index in [4.69, 9.17) is 0 Å². The van der Waals surface area contributed by atoms with Gasteiger partial charge in [-0.25, -0.2) is 0 Å². The molecule has 1 aromatic carbocycles. The number of carbonyl (C=O) groups is 1. The van der Waals surface area contributed by atoms with Gasteiger partial charge in [0, 0.05) is 31.9 Å². The number of rotatable bonds is 2. The second kappa shape index (κ2) is 8.19. The normalized spacial score (nSPS) is 15.5. The Morgan fingerprint density at radius 3 is 1.96 bits per heavy atom. The minimum atomic E-state index is -4.25. The van der Waals surface area contributed by atoms with E-state index in [9.17, 15) is 18.0 Å². The standard InChI is InChI=1S/C11H13F3N2.C5H10O2/c12-11(13,14)9-1-3-10(4-2-9)16-7-5-15-6-8-16;1-5(2,3)7-4-6/h1-4,15H,5-8H2;4H,1-3H3. The Morgan fingerprint density at radius 1 is 1.09 bits per heavy atom. The van der Waals surface area contributed by atoms with E-state index in [2.05, 4.69) is 15.0 Å². The molecule has 7 heteroatoms. The molecule has 4 nitrogen and oxygen atoms in total. The van der Waals surface area contributed by atoms with Crippen molar-refractivity contribution in [2.24, 2.45) is 0 Å². The van der Waals surface area contributed by atoms with Crippen LogP contribution in [0.1, 0.15) is 26.3 Å². The second-order valence-corrected chi connectivity index (χ2v) is 6.11. The number of alkyl halides is 3. The molecule has 1 aromatic rings. The van der Waals surface area contributed by atoms with E-state index >= 15 is 0 Å². The summed E-state index contributed by atoms with van der Waals surface area (Å²) in [6, 6.07) is 5.34. The predicted molar refractivity (Wildman–Crippen MR) is 83.4 cm³/mol. The number of anilines is 1. The first-order valence-electron chi connectivity index (χ1n) is 7.38. The highest BCUT2D eigenvalue weighted by molar-refractivity contribution is 5.48. The Hall–Kier alpha value is -1.76. The largest absolute Gasteiger partial charge is 0.462 e. The SMILES string of the molecule is CC(C)(C)OC=O.FC(F)(F)c1ccc(N2CCNCC2)cc1. The van der Waals surface area contributed by atoms with Gasteiger partial charge in [-0.3, -0.25) is 4.79 Å². The molecule has 0 amide bonds. The number of ether oxygens (including phenoxy) is 1. The number of hydrogen-bond donors (Lipinski definition) is 1. The van der Waals surface area contributed by atoms with Crippen LogP contribution in [0.15, 0.2) is 24.3 Å². The van der Waals surface area contributed by atoms with Crippen molar-refractivity contribution in [2.75, 3.05) is 31.1 Å². The summed E-state index contributed by atoms with van der Waals surface area (Å²) in [7, 11) is 0. The Morgan fingerprint density at radius 2 is 1.61 bits per heavy atom. The zero-order valence-corrected chi connectivity index (χ0v) is 13.6. The van der Waals surface area contributed by atoms with Gasteiger partial charge in [-0.15, -0.1) is 0 Å². The van der Waals surface area contributed by atoms with E-state index in [-0.39, 0.29) is 5.60 Å². The van der Waals surface area contributed by atoms with Gasteiger partial charge in [-0.2, -0.15) is 13.2 Å². The van der Waals surface area contributed by atoms with Crippen molar-refractivity contribution in [1.29, 1.82) is 0 Å². The lowest BCUT2D eigenvalue weighted by molar-refractivity contribution is -0.139. The second-order valence-electron chi connectivity index (χ2n) is 6.11. The highest BCUT2D eigenvalue weighted by atomic mass is 19.4. The first kappa shape index (κ1) is 19.3. The van der Waals surface area contributed by atoms with Crippen molar-refractivity contribution in [3.63, 3.8) is 0 Å². The molecule has 0 radical (unpaired) electrons. The van der Waals surface area contributed by atoms with Crippen LogP contribution in [-0.2, 0) is 15.7 Å². The van der Waals surface area contributed by atoms with Gasteiger partial charge in [-0.1, -0.05) is 0 Å². The molecule has 23 heavy (non-hydrogen) atoms. The average molecular weight is 332 g/mol. The molecule has 0 unspecified atom stereocenters. The lowest BCUT2D eigenvalue weighted by Gasteiger charge is -2.29. The number of halogens is 3. The van der Waals surface area contributed by atoms with E-state index in [0.717, 1.165) is 44.0 Å². The van der Waals surface area contributed by atoms with Crippen LogP contribution in [-0.4, -0.2) is 38.3 Å². The fourth-order valence-electron chi connectivity index (χ4n) is 1.93. The molecular weight excluding hydrogens is 309 g/mol. The molecule has 0 aromatic heterocycles. The zero-order chi connectivity index (χ0) is 17.5. The highest BCUT2D eigenvalue weighted by Gasteiger charge is 2.30. The topological polar surface area (TPSA) is 41.6 Å². The van der Waals surface area contributed by atoms with E-state index in [0.29, 0.717) is 6.47 Å². The fraction of sp³-hybridized carbons (Fsp3) is 0.562. The summed E-state index contributed by atoms with van der Waals surface area (Å²) in [5.41, 5.74) is -0.0530. The van der Waals surface area contributed by atoms with E-state index < -0.39 is 11.7 Å². The third-order valence-electron chi connectivity index (χ3n) is 3.08. The van der Waals surface area contributed by atoms with Crippen LogP contribution in [0.4, 0.5) is 18.9 Å². The van der Waals surface area contributed by atoms with Crippen molar-refractivity contribution in [3.8, 4) is 0 Å². The summed E-state index contributed by atoms with van der Waals surface area (Å²) < 4.78 is 41.6. The van der Waals surface area contributed by atoms with Crippen LogP contribution >= 0.6 is 0 Å². The predicted octanol–water partition coefficient (Wildman–Crippen LogP) is 3.07. The van der Waals surface area contributed by atoms with Crippen LogP contribution < -0.4 is 10.2 Å². The molecule has 1 aliphatic rings. The third kappa shape index (κ3) is 7.36. The van der Waals surface area contributed by atoms with Crippen LogP contribution in [0, 0.1) is 0 Å². The van der Waals surface area contributed by atoms with Crippen molar-refractivity contribution < 1.29 is 22.7 Å². The molecule has 0 bridgehead atoms. The van der Waals surface area contributed by atoms with Crippen LogP contribution in [0.25, 0.3) is 0 Å². The lowest BCUT2D eigenvalue weighted by Crippen LogP contribution is -2.43. The zero-order valence-electron chi connectivity index (χ0n) is 13.6. The van der Waals surface area contributed by atoms with E-state index in [1.807, 2.05) is 20.8 Å². The summed E-state index contributed by atoms with van der Waals surface area (Å²) in [5.74, 6) is 0. The maximum atomic E-state index is 12.3. The molecule has 2 rings (SSSR count).